The van der Waals surface area contributed by atoms with Gasteiger partial charge in [0.15, 0.2) is 0 Å². The zero-order valence-electron chi connectivity index (χ0n) is 29.3. The van der Waals surface area contributed by atoms with Gasteiger partial charge < -0.3 is 0 Å². The summed E-state index contributed by atoms with van der Waals surface area (Å²) < 4.78 is 0. The van der Waals surface area contributed by atoms with Gasteiger partial charge in [0.1, 0.15) is 0 Å². The molecule has 0 heterocycles. The molecule has 0 spiro atoms. The average Bonchev–Trinajstić information content (AvgIpc) is 3.24. The van der Waals surface area contributed by atoms with Crippen LogP contribution in [0.4, 0.5) is 0 Å². The first kappa shape index (κ1) is 30.3. The predicted molar refractivity (Wildman–Crippen MR) is 229 cm³/mol. The third kappa shape index (κ3) is 4.68. The van der Waals surface area contributed by atoms with Gasteiger partial charge in [-0.15, -0.1) is 0 Å². The number of benzene rings is 9. The monoisotopic (exact) mass is 678 g/mol. The molecule has 0 aliphatic heterocycles. The molecule has 0 aliphatic carbocycles. The van der Waals surface area contributed by atoms with Crippen LogP contribution in [0.3, 0.4) is 0 Å². The third-order valence-electron chi connectivity index (χ3n) is 11.1. The van der Waals surface area contributed by atoms with E-state index in [9.17, 15) is 0 Å². The zero-order valence-corrected chi connectivity index (χ0v) is 29.3. The van der Waals surface area contributed by atoms with Crippen molar-refractivity contribution < 1.29 is 0 Å². The second-order valence-corrected chi connectivity index (χ2v) is 14.1. The molecule has 0 atom stereocenters. The summed E-state index contributed by atoms with van der Waals surface area (Å²) in [5, 5.41) is 14.5. The summed E-state index contributed by atoms with van der Waals surface area (Å²) in [6.45, 7) is 0. The van der Waals surface area contributed by atoms with Gasteiger partial charge >= 0.3 is 0 Å². The molecule has 0 unspecified atom stereocenters. The number of rotatable bonds is 4. The highest BCUT2D eigenvalue weighted by molar-refractivity contribution is 6.25. The molecule has 0 amide bonds. The van der Waals surface area contributed by atoms with Crippen LogP contribution in [0.1, 0.15) is 0 Å². The lowest BCUT2D eigenvalue weighted by molar-refractivity contribution is 1.66. The fourth-order valence-electron chi connectivity index (χ4n) is 8.77. The largest absolute Gasteiger partial charge is 0.0702 e. The van der Waals surface area contributed by atoms with Gasteiger partial charge in [0.2, 0.25) is 0 Å². The molecule has 0 fully saturated rings. The van der Waals surface area contributed by atoms with Gasteiger partial charge in [0, 0.05) is 5.39 Å². The Labute approximate surface area is 314 Å². The van der Waals surface area contributed by atoms with Crippen molar-refractivity contribution in [1.29, 1.82) is 0 Å². The van der Waals surface area contributed by atoms with Crippen LogP contribution in [-0.4, -0.2) is 0 Å². The predicted octanol–water partition coefficient (Wildman–Crippen LogP) is 14.5. The Kier molecular flexibility index (Phi) is 6.78. The third-order valence-corrected chi connectivity index (χ3v) is 11.1. The van der Waals surface area contributed by atoms with E-state index in [1.165, 1.54) is 92.8 Å². The van der Waals surface area contributed by atoms with E-state index in [-0.39, 0.29) is 0 Å². The summed E-state index contributed by atoms with van der Waals surface area (Å²) in [6.07, 6.45) is 0. The van der Waals surface area contributed by atoms with E-state index in [4.69, 9.17) is 0 Å². The minimum Gasteiger partial charge on any atom is -0.0702 e. The molecule has 0 heteroatoms. The Balaban J connectivity index is 1.28. The molecule has 0 N–H and O–H groups in total. The summed E-state index contributed by atoms with van der Waals surface area (Å²) >= 11 is 0. The van der Waals surface area contributed by atoms with Crippen molar-refractivity contribution in [3.05, 3.63) is 206 Å². The quantitative estimate of drug-likeness (QED) is 0.163. The summed E-state index contributed by atoms with van der Waals surface area (Å²) in [5.41, 5.74) is 9.68. The second-order valence-electron chi connectivity index (χ2n) is 14.1. The van der Waals surface area contributed by atoms with E-state index in [2.05, 4.69) is 194 Å². The van der Waals surface area contributed by atoms with Gasteiger partial charge in [0.05, 0.1) is 0 Å². The van der Waals surface area contributed by atoms with Crippen molar-refractivity contribution >= 4 is 64.6 Å². The maximum absolute atomic E-state index is 3.36. The lowest BCUT2D eigenvalue weighted by Gasteiger charge is -2.21. The first-order valence-corrected chi connectivity index (χ1v) is 18.4. The van der Waals surface area contributed by atoms with Gasteiger partial charge in [-0.1, -0.05) is 158 Å². The summed E-state index contributed by atoms with van der Waals surface area (Å²) in [7, 11) is 0. The highest BCUT2D eigenvalue weighted by Gasteiger charge is 2.21. The van der Waals surface area contributed by atoms with Gasteiger partial charge in [-0.25, -0.2) is 0 Å². The second kappa shape index (κ2) is 12.1. The van der Waals surface area contributed by atoms with Crippen LogP contribution < -0.4 is 0 Å². The smallest absolute Gasteiger partial charge is 0.0327 e. The molecule has 0 radical (unpaired) electrons. The number of hydrogen-bond acceptors (Lipinski definition) is 0. The van der Waals surface area contributed by atoms with Gasteiger partial charge in [-0.3, -0.25) is 0 Å². The molecular weight excluding hydrogens is 649 g/mol. The molecule has 11 rings (SSSR count). The first-order chi connectivity index (χ1) is 26.8. The summed E-state index contributed by atoms with van der Waals surface area (Å²) in [5.74, 6) is 0. The summed E-state index contributed by atoms with van der Waals surface area (Å²) in [6, 6.07) is 79.1. The Morgan fingerprint density at radius 1 is 0.278 bits per heavy atom. The van der Waals surface area contributed by atoms with E-state index in [1.54, 1.807) is 0 Å². The molecule has 0 saturated carbocycles. The maximum Gasteiger partial charge on any atom is 0.0327 e. The molecule has 0 saturated heterocycles. The van der Waals surface area contributed by atoms with Crippen LogP contribution in [0.5, 0.6) is 0 Å². The van der Waals surface area contributed by atoms with Crippen LogP contribution in [0.2, 0.25) is 0 Å². The number of hydrogen-bond donors (Lipinski definition) is 0. The van der Waals surface area contributed by atoms with Crippen LogP contribution >= 0.6 is 0 Å². The molecule has 11 aromatic rings. The lowest BCUT2D eigenvalue weighted by Crippen LogP contribution is -1.93. The fourth-order valence-corrected chi connectivity index (χ4v) is 8.77. The normalized spacial score (nSPS) is 11.4. The van der Waals surface area contributed by atoms with E-state index >= 15 is 0 Å². The van der Waals surface area contributed by atoms with E-state index in [0.717, 1.165) is 16.3 Å². The maximum atomic E-state index is 3.36. The molecule has 0 bridgehead atoms. The average molecular weight is 679 g/mol. The van der Waals surface area contributed by atoms with Crippen LogP contribution in [0.25, 0.3) is 109 Å². The summed E-state index contributed by atoms with van der Waals surface area (Å²) in [4.78, 5) is 0. The molecular formula is C54H30. The SMILES string of the molecule is c1ccc(-c2c3ccccc3c(-c3ccc4c(-c5ccc6ccc#cc6c5)c5ccccc5c(-c5ccc6ccccc6c5)c4c3)c3ccccc23)cc#1. The van der Waals surface area contributed by atoms with E-state index in [1.807, 2.05) is 12.1 Å². The molecule has 0 nitrogen and oxygen atoms in total. The first-order valence-electron chi connectivity index (χ1n) is 18.4. The molecule has 54 heavy (non-hydrogen) atoms. The van der Waals surface area contributed by atoms with Gasteiger partial charge in [-0.05, 0) is 152 Å². The minimum atomic E-state index is 1.06. The molecule has 0 aliphatic rings. The van der Waals surface area contributed by atoms with Crippen molar-refractivity contribution in [2.45, 2.75) is 0 Å². The van der Waals surface area contributed by atoms with Crippen LogP contribution in [-0.2, 0) is 0 Å². The molecule has 246 valence electrons. The Bertz CT molecular complexity index is 3200. The standard InChI is InChI=1S/C54H30/c1-2-16-37(17-3-1)51-43-20-8-10-22-45(43)53(46-23-11-9-21-44(46)51)42-30-31-49-50(34-42)54(41-29-27-36-15-5-7-19-39(36)33-41)48-25-13-12-24-47(48)52(49)40-28-26-35-14-4-6-18-38(35)32-40/h2,4-5,7-17,19-34H. The van der Waals surface area contributed by atoms with Gasteiger partial charge in [0.25, 0.3) is 0 Å². The highest BCUT2D eigenvalue weighted by atomic mass is 14.2. The zero-order chi connectivity index (χ0) is 35.6. The van der Waals surface area contributed by atoms with Crippen molar-refractivity contribution in [2.75, 3.05) is 0 Å². The van der Waals surface area contributed by atoms with Gasteiger partial charge in [-0.2, -0.15) is 0 Å². The Morgan fingerprint density at radius 2 is 0.759 bits per heavy atom. The van der Waals surface area contributed by atoms with Crippen molar-refractivity contribution in [2.24, 2.45) is 0 Å². The Hall–Kier alpha value is -7.38. The minimum absolute atomic E-state index is 1.06. The molecule has 0 aromatic heterocycles. The Morgan fingerprint density at radius 3 is 1.39 bits per heavy atom. The van der Waals surface area contributed by atoms with Crippen molar-refractivity contribution in [3.63, 3.8) is 0 Å². The van der Waals surface area contributed by atoms with Crippen LogP contribution in [0, 0.1) is 24.3 Å². The molecule has 11 aromatic carbocycles. The lowest BCUT2D eigenvalue weighted by atomic mass is 9.82. The van der Waals surface area contributed by atoms with Crippen molar-refractivity contribution in [3.8, 4) is 44.5 Å². The van der Waals surface area contributed by atoms with E-state index < -0.39 is 0 Å². The van der Waals surface area contributed by atoms with Crippen LogP contribution in [0.15, 0.2) is 182 Å². The topological polar surface area (TPSA) is 0 Å². The number of fused-ring (bicyclic) bond motifs is 6. The highest BCUT2D eigenvalue weighted by Crippen LogP contribution is 2.48. The van der Waals surface area contributed by atoms with E-state index in [0.29, 0.717) is 0 Å². The fraction of sp³-hybridized carbons (Fsp3) is 0. The van der Waals surface area contributed by atoms with Crippen molar-refractivity contribution in [1.82, 2.24) is 0 Å².